The molecule has 18 heavy (non-hydrogen) atoms. The number of rotatable bonds is 1. The van der Waals surface area contributed by atoms with E-state index in [0.29, 0.717) is 6.54 Å². The maximum absolute atomic E-state index is 12.5. The molecule has 0 amide bonds. The fourth-order valence-corrected chi connectivity index (χ4v) is 2.61. The number of aryl methyl sites for hydroxylation is 2. The SMILES string of the molecule is CCn1c(C)cc2ccc3oc(C)cc3c2c1=O. The maximum Gasteiger partial charge on any atom is 0.259 e. The lowest BCUT2D eigenvalue weighted by Crippen LogP contribution is -2.21. The summed E-state index contributed by atoms with van der Waals surface area (Å²) in [4.78, 5) is 12.5. The van der Waals surface area contributed by atoms with Crippen molar-refractivity contribution in [2.24, 2.45) is 0 Å². The van der Waals surface area contributed by atoms with E-state index in [-0.39, 0.29) is 5.56 Å². The number of nitrogens with zero attached hydrogens (tertiary/aromatic N) is 1. The molecule has 2 aromatic heterocycles. The number of furan rings is 1. The van der Waals surface area contributed by atoms with Crippen LogP contribution in [0.1, 0.15) is 18.4 Å². The van der Waals surface area contributed by atoms with Crippen LogP contribution in [0.15, 0.2) is 33.5 Å². The van der Waals surface area contributed by atoms with Gasteiger partial charge < -0.3 is 8.98 Å². The molecule has 0 unspecified atom stereocenters. The minimum Gasteiger partial charge on any atom is -0.461 e. The second kappa shape index (κ2) is 3.73. The molecule has 0 fully saturated rings. The molecule has 3 nitrogen and oxygen atoms in total. The van der Waals surface area contributed by atoms with Crippen LogP contribution in [0.2, 0.25) is 0 Å². The second-order valence-electron chi connectivity index (χ2n) is 4.63. The highest BCUT2D eigenvalue weighted by atomic mass is 16.3. The van der Waals surface area contributed by atoms with E-state index in [1.54, 1.807) is 4.57 Å². The predicted molar refractivity (Wildman–Crippen MR) is 73.1 cm³/mol. The quantitative estimate of drug-likeness (QED) is 0.654. The van der Waals surface area contributed by atoms with Crippen molar-refractivity contribution in [2.45, 2.75) is 27.3 Å². The lowest BCUT2D eigenvalue weighted by atomic mass is 10.1. The van der Waals surface area contributed by atoms with Crippen molar-refractivity contribution < 1.29 is 4.42 Å². The Morgan fingerprint density at radius 2 is 2.00 bits per heavy atom. The van der Waals surface area contributed by atoms with E-state index in [4.69, 9.17) is 4.42 Å². The summed E-state index contributed by atoms with van der Waals surface area (Å²) in [6.45, 7) is 6.54. The molecule has 0 aliphatic rings. The van der Waals surface area contributed by atoms with Gasteiger partial charge in [0, 0.05) is 17.6 Å². The molecule has 0 saturated carbocycles. The van der Waals surface area contributed by atoms with Gasteiger partial charge in [0.15, 0.2) is 0 Å². The van der Waals surface area contributed by atoms with Crippen LogP contribution in [0.5, 0.6) is 0 Å². The van der Waals surface area contributed by atoms with Crippen LogP contribution in [0.3, 0.4) is 0 Å². The highest BCUT2D eigenvalue weighted by molar-refractivity contribution is 6.05. The molecule has 0 spiro atoms. The van der Waals surface area contributed by atoms with Crippen molar-refractivity contribution in [1.29, 1.82) is 0 Å². The largest absolute Gasteiger partial charge is 0.461 e. The zero-order valence-corrected chi connectivity index (χ0v) is 10.8. The first kappa shape index (κ1) is 11.1. The van der Waals surface area contributed by atoms with E-state index in [9.17, 15) is 4.79 Å². The van der Waals surface area contributed by atoms with Gasteiger partial charge in [0.1, 0.15) is 11.3 Å². The highest BCUT2D eigenvalue weighted by Crippen LogP contribution is 2.26. The third-order valence-electron chi connectivity index (χ3n) is 3.42. The van der Waals surface area contributed by atoms with E-state index in [1.807, 2.05) is 39.0 Å². The van der Waals surface area contributed by atoms with Crippen LogP contribution < -0.4 is 5.56 Å². The monoisotopic (exact) mass is 241 g/mol. The molecule has 92 valence electrons. The van der Waals surface area contributed by atoms with Gasteiger partial charge in [0.2, 0.25) is 0 Å². The van der Waals surface area contributed by atoms with Gasteiger partial charge in [-0.2, -0.15) is 0 Å². The average Bonchev–Trinajstić information content (AvgIpc) is 2.69. The zero-order chi connectivity index (χ0) is 12.9. The van der Waals surface area contributed by atoms with Crippen LogP contribution in [0.25, 0.3) is 21.7 Å². The summed E-state index contributed by atoms with van der Waals surface area (Å²) >= 11 is 0. The van der Waals surface area contributed by atoms with E-state index < -0.39 is 0 Å². The standard InChI is InChI=1S/C15H15NO2/c1-4-16-9(2)7-11-5-6-13-12(8-10(3)18-13)14(11)15(16)17/h5-8H,4H2,1-3H3. The van der Waals surface area contributed by atoms with Gasteiger partial charge in [0.05, 0.1) is 5.39 Å². The zero-order valence-electron chi connectivity index (χ0n) is 10.8. The number of benzene rings is 1. The van der Waals surface area contributed by atoms with Gasteiger partial charge in [-0.05, 0) is 44.4 Å². The summed E-state index contributed by atoms with van der Waals surface area (Å²) in [5.74, 6) is 0.834. The van der Waals surface area contributed by atoms with Crippen molar-refractivity contribution in [3.63, 3.8) is 0 Å². The summed E-state index contributed by atoms with van der Waals surface area (Å²) in [6.07, 6.45) is 0. The van der Waals surface area contributed by atoms with Crippen LogP contribution in [-0.4, -0.2) is 4.57 Å². The number of hydrogen-bond donors (Lipinski definition) is 0. The predicted octanol–water partition coefficient (Wildman–Crippen LogP) is 3.38. The topological polar surface area (TPSA) is 35.1 Å². The third-order valence-corrected chi connectivity index (χ3v) is 3.42. The summed E-state index contributed by atoms with van der Waals surface area (Å²) in [6, 6.07) is 7.88. The van der Waals surface area contributed by atoms with Gasteiger partial charge in [0.25, 0.3) is 5.56 Å². The van der Waals surface area contributed by atoms with Crippen LogP contribution in [0, 0.1) is 13.8 Å². The molecule has 0 N–H and O–H groups in total. The van der Waals surface area contributed by atoms with E-state index in [2.05, 4.69) is 6.07 Å². The Kier molecular flexibility index (Phi) is 2.30. The van der Waals surface area contributed by atoms with Gasteiger partial charge in [-0.3, -0.25) is 4.79 Å². The van der Waals surface area contributed by atoms with Gasteiger partial charge in [-0.25, -0.2) is 0 Å². The summed E-state index contributed by atoms with van der Waals surface area (Å²) in [5, 5.41) is 2.66. The molecule has 2 heterocycles. The Morgan fingerprint density at radius 1 is 1.22 bits per heavy atom. The molecule has 1 aromatic carbocycles. The Bertz CT molecular complexity index is 809. The Morgan fingerprint density at radius 3 is 2.72 bits per heavy atom. The van der Waals surface area contributed by atoms with Crippen molar-refractivity contribution in [1.82, 2.24) is 4.57 Å². The maximum atomic E-state index is 12.5. The number of hydrogen-bond acceptors (Lipinski definition) is 2. The normalized spacial score (nSPS) is 11.5. The first-order valence-corrected chi connectivity index (χ1v) is 6.15. The minimum atomic E-state index is 0.0684. The Hall–Kier alpha value is -2.03. The molecule has 3 rings (SSSR count). The smallest absolute Gasteiger partial charge is 0.259 e. The van der Waals surface area contributed by atoms with Crippen molar-refractivity contribution in [3.8, 4) is 0 Å². The fourth-order valence-electron chi connectivity index (χ4n) is 2.61. The summed E-state index contributed by atoms with van der Waals surface area (Å²) in [5.41, 5.74) is 1.84. The van der Waals surface area contributed by atoms with Crippen molar-refractivity contribution in [2.75, 3.05) is 0 Å². The van der Waals surface area contributed by atoms with Crippen LogP contribution in [-0.2, 0) is 6.54 Å². The molecule has 0 aliphatic heterocycles. The van der Waals surface area contributed by atoms with Gasteiger partial charge in [-0.1, -0.05) is 6.07 Å². The average molecular weight is 241 g/mol. The first-order chi connectivity index (χ1) is 8.61. The molecule has 0 bridgehead atoms. The molecule has 0 atom stereocenters. The summed E-state index contributed by atoms with van der Waals surface area (Å²) < 4.78 is 7.38. The molecular weight excluding hydrogens is 226 g/mol. The number of aromatic nitrogens is 1. The lowest BCUT2D eigenvalue weighted by molar-refractivity contribution is 0.578. The van der Waals surface area contributed by atoms with Gasteiger partial charge in [-0.15, -0.1) is 0 Å². The molecule has 0 saturated heterocycles. The third kappa shape index (κ3) is 1.40. The number of pyridine rings is 1. The minimum absolute atomic E-state index is 0.0684. The number of fused-ring (bicyclic) bond motifs is 3. The Balaban J connectivity index is 2.60. The van der Waals surface area contributed by atoms with E-state index >= 15 is 0 Å². The first-order valence-electron chi connectivity index (χ1n) is 6.15. The van der Waals surface area contributed by atoms with Crippen LogP contribution in [0.4, 0.5) is 0 Å². The van der Waals surface area contributed by atoms with Gasteiger partial charge >= 0.3 is 0 Å². The molecule has 0 radical (unpaired) electrons. The van der Waals surface area contributed by atoms with Crippen LogP contribution >= 0.6 is 0 Å². The lowest BCUT2D eigenvalue weighted by Gasteiger charge is -2.09. The highest BCUT2D eigenvalue weighted by Gasteiger charge is 2.11. The fraction of sp³-hybridized carbons (Fsp3) is 0.267. The summed E-state index contributed by atoms with van der Waals surface area (Å²) in [7, 11) is 0. The van der Waals surface area contributed by atoms with E-state index in [0.717, 1.165) is 33.2 Å². The molecule has 3 aromatic rings. The molecule has 3 heteroatoms. The van der Waals surface area contributed by atoms with Crippen molar-refractivity contribution in [3.05, 3.63) is 46.1 Å². The van der Waals surface area contributed by atoms with E-state index in [1.165, 1.54) is 0 Å². The van der Waals surface area contributed by atoms with Crippen molar-refractivity contribution >= 4 is 21.7 Å². The Labute approximate surface area is 105 Å². The molecular formula is C15H15NO2. The second-order valence-corrected chi connectivity index (χ2v) is 4.63. The molecule has 0 aliphatic carbocycles.